The van der Waals surface area contributed by atoms with Crippen molar-refractivity contribution in [2.45, 2.75) is 32.6 Å². The summed E-state index contributed by atoms with van der Waals surface area (Å²) in [5.41, 5.74) is 0. The van der Waals surface area contributed by atoms with Crippen LogP contribution in [0.3, 0.4) is 0 Å². The molecule has 1 rings (SSSR count). The Hall–Kier alpha value is -0.980. The van der Waals surface area contributed by atoms with Gasteiger partial charge in [0.05, 0.1) is 0 Å². The molecule has 6 heteroatoms. The van der Waals surface area contributed by atoms with Gasteiger partial charge in [-0.15, -0.1) is 0 Å². The molecule has 0 aromatic carbocycles. The first-order chi connectivity index (χ1) is 9.91. The van der Waals surface area contributed by atoms with Crippen LogP contribution in [0.25, 0.3) is 0 Å². The summed E-state index contributed by atoms with van der Waals surface area (Å²) < 4.78 is 27.0. The van der Waals surface area contributed by atoms with Gasteiger partial charge in [0, 0.05) is 32.0 Å². The van der Waals surface area contributed by atoms with Crippen LogP contribution in [0.1, 0.15) is 27.7 Å². The van der Waals surface area contributed by atoms with Crippen molar-refractivity contribution in [3.8, 4) is 0 Å². The highest BCUT2D eigenvalue weighted by Crippen LogP contribution is 2.15. The van der Waals surface area contributed by atoms with Crippen molar-refractivity contribution < 1.29 is 8.42 Å². The summed E-state index contributed by atoms with van der Waals surface area (Å²) in [4.78, 5) is 6.42. The quantitative estimate of drug-likeness (QED) is 0.700. The fourth-order valence-corrected chi connectivity index (χ4v) is 3.72. The van der Waals surface area contributed by atoms with E-state index in [4.69, 9.17) is 0 Å². The topological polar surface area (TPSA) is 53.5 Å². The molecule has 0 saturated heterocycles. The molecule has 1 heterocycles. The van der Waals surface area contributed by atoms with Gasteiger partial charge in [0.1, 0.15) is 4.90 Å². The van der Waals surface area contributed by atoms with E-state index in [1.54, 1.807) is 22.6 Å². The highest BCUT2D eigenvalue weighted by Gasteiger charge is 2.25. The van der Waals surface area contributed by atoms with Crippen molar-refractivity contribution in [3.05, 3.63) is 24.5 Å². The maximum absolute atomic E-state index is 12.7. The Labute approximate surface area is 129 Å². The minimum atomic E-state index is -3.46. The molecule has 0 N–H and O–H groups in total. The Balaban J connectivity index is 2.91. The van der Waals surface area contributed by atoms with Crippen LogP contribution in [0.2, 0.25) is 0 Å². The van der Waals surface area contributed by atoms with E-state index in [2.05, 4.69) is 23.7 Å². The predicted molar refractivity (Wildman–Crippen MR) is 85.6 cm³/mol. The van der Waals surface area contributed by atoms with Gasteiger partial charge in [-0.2, -0.15) is 4.31 Å². The number of sulfonamides is 1. The maximum atomic E-state index is 12.7. The number of rotatable bonds is 9. The van der Waals surface area contributed by atoms with Crippen LogP contribution in [-0.2, 0) is 10.0 Å². The lowest BCUT2D eigenvalue weighted by molar-refractivity contribution is 0.262. The number of nitrogens with zero attached hydrogens (tertiary/aromatic N) is 3. The summed E-state index contributed by atoms with van der Waals surface area (Å²) in [7, 11) is -3.46. The van der Waals surface area contributed by atoms with Crippen LogP contribution in [0.15, 0.2) is 29.4 Å². The zero-order chi connectivity index (χ0) is 15.9. The van der Waals surface area contributed by atoms with Crippen molar-refractivity contribution in [2.75, 3.05) is 32.7 Å². The highest BCUT2D eigenvalue weighted by atomic mass is 32.2. The molecule has 0 fully saturated rings. The van der Waals surface area contributed by atoms with Gasteiger partial charge in [-0.05, 0) is 31.1 Å². The average molecular weight is 313 g/mol. The first-order valence-corrected chi connectivity index (χ1v) is 8.98. The van der Waals surface area contributed by atoms with E-state index in [1.807, 2.05) is 13.8 Å². The molecule has 0 atom stereocenters. The van der Waals surface area contributed by atoms with E-state index >= 15 is 0 Å². The molecule has 0 saturated carbocycles. The van der Waals surface area contributed by atoms with Gasteiger partial charge >= 0.3 is 0 Å². The summed E-state index contributed by atoms with van der Waals surface area (Å²) in [6.45, 7) is 11.9. The number of pyridine rings is 1. The Kier molecular flexibility index (Phi) is 7.28. The van der Waals surface area contributed by atoms with Crippen LogP contribution < -0.4 is 0 Å². The molecule has 1 aromatic rings. The zero-order valence-electron chi connectivity index (χ0n) is 13.5. The van der Waals surface area contributed by atoms with Gasteiger partial charge in [0.15, 0.2) is 0 Å². The predicted octanol–water partition coefficient (Wildman–Crippen LogP) is 2.07. The lowest BCUT2D eigenvalue weighted by atomic mass is 10.2. The maximum Gasteiger partial charge on any atom is 0.244 e. The third-order valence-corrected chi connectivity index (χ3v) is 5.25. The minimum absolute atomic E-state index is 0.269. The van der Waals surface area contributed by atoms with Crippen LogP contribution >= 0.6 is 0 Å². The molecule has 0 bridgehead atoms. The molecule has 120 valence electrons. The second kappa shape index (κ2) is 8.46. The van der Waals surface area contributed by atoms with Gasteiger partial charge in [-0.25, -0.2) is 8.42 Å². The summed E-state index contributed by atoms with van der Waals surface area (Å²) in [5, 5.41) is 0. The first-order valence-electron chi connectivity index (χ1n) is 7.54. The normalized spacial score (nSPS) is 12.5. The Morgan fingerprint density at radius 1 is 1.19 bits per heavy atom. The Morgan fingerprint density at radius 2 is 1.86 bits per heavy atom. The van der Waals surface area contributed by atoms with Gasteiger partial charge in [0.25, 0.3) is 0 Å². The van der Waals surface area contributed by atoms with Gasteiger partial charge in [-0.3, -0.25) is 4.98 Å². The number of hydrogen-bond donors (Lipinski definition) is 0. The van der Waals surface area contributed by atoms with Crippen molar-refractivity contribution in [3.63, 3.8) is 0 Å². The third kappa shape index (κ3) is 5.37. The molecule has 0 amide bonds. The molecule has 5 nitrogen and oxygen atoms in total. The molecule has 0 spiro atoms. The minimum Gasteiger partial charge on any atom is -0.303 e. The number of likely N-dealkylation sites (N-methyl/N-ethyl adjacent to an activating group) is 1. The molecule has 0 radical (unpaired) electrons. The molecule has 21 heavy (non-hydrogen) atoms. The van der Waals surface area contributed by atoms with E-state index < -0.39 is 10.0 Å². The summed E-state index contributed by atoms with van der Waals surface area (Å²) >= 11 is 0. The first kappa shape index (κ1) is 18.1. The van der Waals surface area contributed by atoms with Crippen LogP contribution in [0.4, 0.5) is 0 Å². The largest absolute Gasteiger partial charge is 0.303 e. The van der Waals surface area contributed by atoms with Gasteiger partial charge in [-0.1, -0.05) is 27.7 Å². The fraction of sp³-hybridized carbons (Fsp3) is 0.667. The van der Waals surface area contributed by atoms with Gasteiger partial charge in [0.2, 0.25) is 10.0 Å². The van der Waals surface area contributed by atoms with Crippen molar-refractivity contribution in [1.29, 1.82) is 0 Å². The third-order valence-electron chi connectivity index (χ3n) is 3.40. The van der Waals surface area contributed by atoms with E-state index in [9.17, 15) is 8.42 Å². The molecule has 1 aromatic heterocycles. The second-order valence-electron chi connectivity index (χ2n) is 5.47. The van der Waals surface area contributed by atoms with Crippen molar-refractivity contribution in [1.82, 2.24) is 14.2 Å². The van der Waals surface area contributed by atoms with Crippen molar-refractivity contribution in [2.24, 2.45) is 5.92 Å². The summed E-state index contributed by atoms with van der Waals surface area (Å²) in [6, 6.07) is 3.26. The zero-order valence-corrected chi connectivity index (χ0v) is 14.3. The number of aromatic nitrogens is 1. The fourth-order valence-electron chi connectivity index (χ4n) is 2.16. The molecular weight excluding hydrogens is 286 g/mol. The molecular formula is C15H27N3O2S. The van der Waals surface area contributed by atoms with Crippen molar-refractivity contribution >= 4 is 10.0 Å². The molecule has 0 unspecified atom stereocenters. The summed E-state index contributed by atoms with van der Waals surface area (Å²) in [6.07, 6.45) is 3.00. The Morgan fingerprint density at radius 3 is 2.33 bits per heavy atom. The lowest BCUT2D eigenvalue weighted by Crippen LogP contribution is -2.40. The molecule has 0 aliphatic rings. The SMILES string of the molecule is CCN(CC)CCN(CC(C)C)S(=O)(=O)c1cccnc1. The molecule has 0 aliphatic heterocycles. The van der Waals surface area contributed by atoms with E-state index in [1.165, 1.54) is 6.20 Å². The van der Waals surface area contributed by atoms with E-state index in [0.29, 0.717) is 13.1 Å². The standard InChI is InChI=1S/C15H27N3O2S/c1-5-17(6-2)10-11-18(13-14(3)4)21(19,20)15-8-7-9-16-12-15/h7-9,12,14H,5-6,10-11,13H2,1-4H3. The van der Waals surface area contributed by atoms with Gasteiger partial charge < -0.3 is 4.90 Å². The monoisotopic (exact) mass is 313 g/mol. The van der Waals surface area contributed by atoms with Crippen LogP contribution in [0.5, 0.6) is 0 Å². The Bertz CT molecular complexity index is 499. The van der Waals surface area contributed by atoms with Crippen LogP contribution in [0, 0.1) is 5.92 Å². The summed E-state index contributed by atoms with van der Waals surface area (Å²) in [5.74, 6) is 0.285. The van der Waals surface area contributed by atoms with E-state index in [0.717, 1.165) is 19.6 Å². The highest BCUT2D eigenvalue weighted by molar-refractivity contribution is 7.89. The van der Waals surface area contributed by atoms with E-state index in [-0.39, 0.29) is 10.8 Å². The average Bonchev–Trinajstić information content (AvgIpc) is 2.47. The molecule has 0 aliphatic carbocycles. The smallest absolute Gasteiger partial charge is 0.244 e. The van der Waals surface area contributed by atoms with Crippen LogP contribution in [-0.4, -0.2) is 55.3 Å². The second-order valence-corrected chi connectivity index (χ2v) is 7.41. The number of hydrogen-bond acceptors (Lipinski definition) is 4. The lowest BCUT2D eigenvalue weighted by Gasteiger charge is -2.27.